The highest BCUT2D eigenvalue weighted by atomic mass is 16.5. The van der Waals surface area contributed by atoms with Gasteiger partial charge in [-0.3, -0.25) is 9.69 Å². The molecule has 2 aromatic heterocycles. The Morgan fingerprint density at radius 3 is 2.67 bits per heavy atom. The van der Waals surface area contributed by atoms with E-state index in [1.165, 1.54) is 0 Å². The van der Waals surface area contributed by atoms with Crippen molar-refractivity contribution in [2.45, 2.75) is 31.8 Å². The van der Waals surface area contributed by atoms with Gasteiger partial charge < -0.3 is 18.8 Å². The molecule has 0 atom stereocenters. The van der Waals surface area contributed by atoms with Crippen LogP contribution in [0, 0.1) is 0 Å². The van der Waals surface area contributed by atoms with E-state index < -0.39 is 0 Å². The minimum atomic E-state index is 0.150. The third-order valence-corrected chi connectivity index (χ3v) is 5.56. The topological polar surface area (TPSA) is 81.3 Å². The molecule has 4 heterocycles. The second-order valence-electron chi connectivity index (χ2n) is 7.31. The van der Waals surface area contributed by atoms with Gasteiger partial charge in [0.15, 0.2) is 0 Å². The molecule has 0 N–H and O–H groups in total. The van der Waals surface area contributed by atoms with Crippen LogP contribution in [-0.4, -0.2) is 79.4 Å². The molecule has 0 saturated carbocycles. The molecule has 2 aromatic rings. The minimum Gasteiger partial charge on any atom is -0.379 e. The quantitative estimate of drug-likeness (QED) is 0.747. The van der Waals surface area contributed by atoms with E-state index in [0.29, 0.717) is 12.5 Å². The third kappa shape index (κ3) is 4.19. The number of ether oxygens (including phenoxy) is 1. The fourth-order valence-electron chi connectivity index (χ4n) is 3.85. The number of morpholine rings is 1. The summed E-state index contributed by atoms with van der Waals surface area (Å²) < 4.78 is 9.37. The summed E-state index contributed by atoms with van der Waals surface area (Å²) in [4.78, 5) is 20.7. The number of rotatable bonds is 5. The van der Waals surface area contributed by atoms with Crippen molar-refractivity contribution in [3.05, 3.63) is 30.4 Å². The van der Waals surface area contributed by atoms with Crippen molar-refractivity contribution in [2.24, 2.45) is 7.05 Å². The van der Waals surface area contributed by atoms with Crippen molar-refractivity contribution >= 4 is 5.91 Å². The normalized spacial score (nSPS) is 19.5. The lowest BCUT2D eigenvalue weighted by Gasteiger charge is -2.31. The number of likely N-dealkylation sites (tertiary alicyclic amines) is 1. The minimum absolute atomic E-state index is 0.150. The Morgan fingerprint density at radius 1 is 1.19 bits per heavy atom. The van der Waals surface area contributed by atoms with Crippen LogP contribution in [-0.2, 0) is 29.7 Å². The van der Waals surface area contributed by atoms with Gasteiger partial charge in [-0.25, -0.2) is 4.98 Å². The largest absolute Gasteiger partial charge is 0.379 e. The molecule has 0 aliphatic carbocycles. The maximum absolute atomic E-state index is 12.4. The Bertz CT molecular complexity index is 744. The van der Waals surface area contributed by atoms with Crippen molar-refractivity contribution in [1.29, 1.82) is 0 Å². The van der Waals surface area contributed by atoms with Gasteiger partial charge in [-0.2, -0.15) is 0 Å². The number of imidazole rings is 1. The van der Waals surface area contributed by atoms with Crippen LogP contribution in [0.1, 0.15) is 30.4 Å². The summed E-state index contributed by atoms with van der Waals surface area (Å²) in [5, 5.41) is 8.90. The highest BCUT2D eigenvalue weighted by Gasteiger charge is 2.27. The predicted molar refractivity (Wildman–Crippen MR) is 97.9 cm³/mol. The molecule has 9 heteroatoms. The molecule has 27 heavy (non-hydrogen) atoms. The molecule has 146 valence electrons. The van der Waals surface area contributed by atoms with Crippen LogP contribution in [0.5, 0.6) is 0 Å². The van der Waals surface area contributed by atoms with Crippen molar-refractivity contribution < 1.29 is 9.53 Å². The first-order valence-corrected chi connectivity index (χ1v) is 9.62. The lowest BCUT2D eigenvalue weighted by atomic mass is 9.96. The van der Waals surface area contributed by atoms with Gasteiger partial charge in [0.25, 0.3) is 0 Å². The molecule has 0 spiro atoms. The third-order valence-electron chi connectivity index (χ3n) is 5.56. The summed E-state index contributed by atoms with van der Waals surface area (Å²) >= 11 is 0. The maximum atomic E-state index is 12.4. The molecule has 2 saturated heterocycles. The number of hydrogen-bond donors (Lipinski definition) is 0. The second-order valence-corrected chi connectivity index (χ2v) is 7.31. The number of hydrogen-bond acceptors (Lipinski definition) is 6. The van der Waals surface area contributed by atoms with Crippen molar-refractivity contribution in [3.8, 4) is 0 Å². The van der Waals surface area contributed by atoms with Crippen LogP contribution in [0.3, 0.4) is 0 Å². The van der Waals surface area contributed by atoms with Crippen LogP contribution in [0.4, 0.5) is 0 Å². The molecule has 1 amide bonds. The first kappa shape index (κ1) is 18.1. The maximum Gasteiger partial charge on any atom is 0.242 e. The van der Waals surface area contributed by atoms with Gasteiger partial charge in [0.2, 0.25) is 5.91 Å². The van der Waals surface area contributed by atoms with Gasteiger partial charge in [0, 0.05) is 51.5 Å². The average Bonchev–Trinajstić information content (AvgIpc) is 3.33. The zero-order valence-electron chi connectivity index (χ0n) is 15.8. The number of aromatic nitrogens is 5. The fraction of sp³-hybridized carbons (Fsp3) is 0.667. The molecule has 4 rings (SSSR count). The van der Waals surface area contributed by atoms with E-state index in [1.807, 2.05) is 15.7 Å². The van der Waals surface area contributed by atoms with E-state index in [0.717, 1.165) is 70.4 Å². The first-order valence-electron chi connectivity index (χ1n) is 9.62. The van der Waals surface area contributed by atoms with E-state index in [-0.39, 0.29) is 5.91 Å². The highest BCUT2D eigenvalue weighted by molar-refractivity contribution is 5.76. The Hall–Kier alpha value is -2.26. The molecular weight excluding hydrogens is 346 g/mol. The lowest BCUT2D eigenvalue weighted by molar-refractivity contribution is -0.132. The van der Waals surface area contributed by atoms with E-state index >= 15 is 0 Å². The summed E-state index contributed by atoms with van der Waals surface area (Å²) in [6.07, 6.45) is 7.06. The summed E-state index contributed by atoms with van der Waals surface area (Å²) in [5.41, 5.74) is 0. The van der Waals surface area contributed by atoms with Crippen LogP contribution in [0.25, 0.3) is 0 Å². The van der Waals surface area contributed by atoms with E-state index in [4.69, 9.17) is 4.74 Å². The number of carbonyl (C=O) groups is 1. The van der Waals surface area contributed by atoms with Gasteiger partial charge in [0.05, 0.1) is 26.1 Å². The Morgan fingerprint density at radius 2 is 1.96 bits per heavy atom. The van der Waals surface area contributed by atoms with E-state index in [1.54, 1.807) is 12.5 Å². The lowest BCUT2D eigenvalue weighted by Crippen LogP contribution is -2.40. The zero-order chi connectivity index (χ0) is 18.6. The number of nitrogens with zero attached hydrogens (tertiary/aromatic N) is 7. The average molecular weight is 373 g/mol. The van der Waals surface area contributed by atoms with Crippen LogP contribution in [0.15, 0.2) is 18.7 Å². The van der Waals surface area contributed by atoms with Crippen molar-refractivity contribution in [1.82, 2.24) is 34.1 Å². The summed E-state index contributed by atoms with van der Waals surface area (Å²) in [7, 11) is 2.06. The standard InChI is InChI=1S/C18H27N7O2/c1-22-16(12-23-8-10-27-11-9-23)20-21-18(22)15-2-5-25(6-3-15)17(26)13-24-7-4-19-14-24/h4,7,14-15H,2-3,5-6,8-13H2,1H3. The number of carbonyl (C=O) groups excluding carboxylic acids is 1. The summed E-state index contributed by atoms with van der Waals surface area (Å²) in [6.45, 7) is 6.17. The van der Waals surface area contributed by atoms with Gasteiger partial charge in [-0.05, 0) is 12.8 Å². The monoisotopic (exact) mass is 373 g/mol. The smallest absolute Gasteiger partial charge is 0.242 e. The molecule has 0 bridgehead atoms. The van der Waals surface area contributed by atoms with Gasteiger partial charge in [-0.1, -0.05) is 0 Å². The summed E-state index contributed by atoms with van der Waals surface area (Å²) in [5.74, 6) is 2.56. The van der Waals surface area contributed by atoms with Crippen LogP contribution >= 0.6 is 0 Å². The molecule has 2 fully saturated rings. The van der Waals surface area contributed by atoms with Crippen molar-refractivity contribution in [2.75, 3.05) is 39.4 Å². The summed E-state index contributed by atoms with van der Waals surface area (Å²) in [6, 6.07) is 0. The number of piperidine rings is 1. The van der Waals surface area contributed by atoms with Crippen LogP contribution in [0.2, 0.25) is 0 Å². The first-order chi connectivity index (χ1) is 13.2. The Balaban J connectivity index is 1.32. The molecule has 0 aromatic carbocycles. The van der Waals surface area contributed by atoms with Crippen LogP contribution < -0.4 is 0 Å². The molecule has 2 aliphatic rings. The fourth-order valence-corrected chi connectivity index (χ4v) is 3.85. The van der Waals surface area contributed by atoms with E-state index in [9.17, 15) is 4.79 Å². The van der Waals surface area contributed by atoms with Gasteiger partial charge in [0.1, 0.15) is 18.2 Å². The molecule has 0 radical (unpaired) electrons. The molecule has 2 aliphatic heterocycles. The second kappa shape index (κ2) is 8.18. The highest BCUT2D eigenvalue weighted by Crippen LogP contribution is 2.27. The number of amides is 1. The SMILES string of the molecule is Cn1c(CN2CCOCC2)nnc1C1CCN(C(=O)Cn2ccnc2)CC1. The van der Waals surface area contributed by atoms with Crippen molar-refractivity contribution in [3.63, 3.8) is 0 Å². The van der Waals surface area contributed by atoms with Gasteiger partial charge >= 0.3 is 0 Å². The van der Waals surface area contributed by atoms with Gasteiger partial charge in [-0.15, -0.1) is 10.2 Å². The predicted octanol–water partition coefficient (Wildman–Crippen LogP) is 0.250. The van der Waals surface area contributed by atoms with E-state index in [2.05, 4.69) is 31.7 Å². The Labute approximate surface area is 158 Å². The zero-order valence-corrected chi connectivity index (χ0v) is 15.8. The Kier molecular flexibility index (Phi) is 5.49. The molecule has 9 nitrogen and oxygen atoms in total. The molecule has 0 unspecified atom stereocenters. The molecular formula is C18H27N7O2.